The first kappa shape index (κ1) is 19.7. The Kier molecular flexibility index (Phi) is 13.8. The molecular formula is C4H17NO7P2. The third kappa shape index (κ3) is 1030. The molecule has 0 saturated carbocycles. The molecule has 0 unspecified atom stereocenters. The summed E-state index contributed by atoms with van der Waals surface area (Å²) in [7, 11) is -7.28. The van der Waals surface area contributed by atoms with Crippen LogP contribution in [0.5, 0.6) is 0 Å². The zero-order valence-corrected chi connectivity index (χ0v) is 9.73. The topological polar surface area (TPSA) is 161 Å². The second-order valence-corrected chi connectivity index (χ2v) is 5.52. The van der Waals surface area contributed by atoms with Crippen LogP contribution in [0.1, 0.15) is 0 Å². The Hall–Kier alpha value is 0.220. The first-order valence-corrected chi connectivity index (χ1v) is 7.40. The smallest absolute Gasteiger partial charge is 0.322 e. The van der Waals surface area contributed by atoms with Gasteiger partial charge in [0, 0.05) is 19.9 Å². The molecule has 0 heterocycles. The number of hydrogen-bond donors (Lipinski definition) is 6. The summed E-state index contributed by atoms with van der Waals surface area (Å²) in [5.74, 6) is 0. The van der Waals surface area contributed by atoms with Gasteiger partial charge in [-0.15, -0.1) is 0 Å². The highest BCUT2D eigenvalue weighted by Gasteiger charge is 1.96. The maximum atomic E-state index is 9.33. The monoisotopic (exact) mass is 253 g/mol. The Morgan fingerprint density at radius 2 is 1.07 bits per heavy atom. The Morgan fingerprint density at radius 1 is 1.00 bits per heavy atom. The summed E-state index contributed by atoms with van der Waals surface area (Å²) < 4.78 is 18.7. The van der Waals surface area contributed by atoms with Crippen LogP contribution < -0.4 is 5.73 Å². The maximum absolute atomic E-state index is 9.33. The number of hydrogen-bond acceptors (Lipinski definition) is 4. The molecule has 0 amide bonds. The molecule has 0 rings (SSSR count). The number of nitrogens with two attached hydrogens (primary N) is 1. The summed E-state index contributed by atoms with van der Waals surface area (Å²) in [6.07, 6.45) is 0. The summed E-state index contributed by atoms with van der Waals surface area (Å²) in [6, 6.07) is 0. The fourth-order valence-corrected chi connectivity index (χ4v) is 0. The van der Waals surface area contributed by atoms with Crippen LogP contribution in [-0.2, 0) is 9.13 Å². The van der Waals surface area contributed by atoms with Crippen LogP contribution in [0.15, 0.2) is 0 Å². The minimum Gasteiger partial charge on any atom is -0.395 e. The lowest BCUT2D eigenvalue weighted by atomic mass is 10.8. The molecule has 0 radical (unpaired) electrons. The van der Waals surface area contributed by atoms with Gasteiger partial charge in [0.05, 0.1) is 6.61 Å². The lowest BCUT2D eigenvalue weighted by molar-refractivity contribution is 0.306. The van der Waals surface area contributed by atoms with Crippen molar-refractivity contribution < 1.29 is 33.8 Å². The van der Waals surface area contributed by atoms with Gasteiger partial charge >= 0.3 is 15.2 Å². The molecule has 0 aliphatic heterocycles. The van der Waals surface area contributed by atoms with E-state index in [1.54, 1.807) is 0 Å². The summed E-state index contributed by atoms with van der Waals surface area (Å²) in [5, 5.41) is 7.75. The third-order valence-electron chi connectivity index (χ3n) is 0.129. The summed E-state index contributed by atoms with van der Waals surface area (Å²) in [6.45, 7) is 2.18. The van der Waals surface area contributed by atoms with Crippen molar-refractivity contribution in [1.82, 2.24) is 0 Å². The van der Waals surface area contributed by atoms with E-state index >= 15 is 0 Å². The Morgan fingerprint density at radius 3 is 1.07 bits per heavy atom. The van der Waals surface area contributed by atoms with Gasteiger partial charge in [-0.2, -0.15) is 0 Å². The van der Waals surface area contributed by atoms with Crippen LogP contribution in [0.3, 0.4) is 0 Å². The van der Waals surface area contributed by atoms with Crippen LogP contribution in [0.2, 0.25) is 0 Å². The van der Waals surface area contributed by atoms with Gasteiger partial charge in [-0.1, -0.05) is 0 Å². The van der Waals surface area contributed by atoms with E-state index in [0.29, 0.717) is 6.54 Å². The number of aliphatic hydroxyl groups excluding tert-OH is 1. The van der Waals surface area contributed by atoms with Crippen molar-refractivity contribution in [1.29, 1.82) is 0 Å². The van der Waals surface area contributed by atoms with Gasteiger partial charge in [0.2, 0.25) is 0 Å². The molecule has 0 saturated heterocycles. The van der Waals surface area contributed by atoms with Crippen molar-refractivity contribution in [2.75, 3.05) is 26.5 Å². The summed E-state index contributed by atoms with van der Waals surface area (Å²) in [5.41, 5.74) is 4.78. The van der Waals surface area contributed by atoms with E-state index in [9.17, 15) is 9.13 Å². The molecule has 0 aliphatic rings. The average Bonchev–Trinajstić information content (AvgIpc) is 1.79. The van der Waals surface area contributed by atoms with E-state index < -0.39 is 15.2 Å². The highest BCUT2D eigenvalue weighted by atomic mass is 31.2. The first-order chi connectivity index (χ1) is 5.91. The fourth-order valence-electron chi connectivity index (χ4n) is 0. The molecule has 10 heteroatoms. The average molecular weight is 253 g/mol. The molecule has 0 atom stereocenters. The largest absolute Gasteiger partial charge is 0.395 e. The zero-order valence-electron chi connectivity index (χ0n) is 7.94. The van der Waals surface area contributed by atoms with E-state index in [0.717, 1.165) is 13.3 Å². The number of rotatable bonds is 1. The molecule has 14 heavy (non-hydrogen) atoms. The standard InChI is InChI=1S/C2H7NO.2CH5O3P/c3-1-2-4;2*1-5(2,3)4/h4H,1-3H2;2*1H3,(H2,2,3,4). The second kappa shape index (κ2) is 9.76. The van der Waals surface area contributed by atoms with Crippen molar-refractivity contribution >= 4 is 15.2 Å². The molecule has 8 nitrogen and oxygen atoms in total. The van der Waals surface area contributed by atoms with E-state index in [1.807, 2.05) is 0 Å². The Bertz CT molecular complexity index is 157. The van der Waals surface area contributed by atoms with Crippen molar-refractivity contribution in [2.45, 2.75) is 0 Å². The van der Waals surface area contributed by atoms with Crippen LogP contribution >= 0.6 is 15.2 Å². The van der Waals surface area contributed by atoms with Crippen molar-refractivity contribution in [3.8, 4) is 0 Å². The highest BCUT2D eigenvalue weighted by molar-refractivity contribution is 7.51. The third-order valence-corrected chi connectivity index (χ3v) is 0.129. The molecule has 7 N–H and O–H groups in total. The molecule has 90 valence electrons. The molecule has 0 bridgehead atoms. The predicted octanol–water partition coefficient (Wildman–Crippen LogP) is -1.47. The predicted molar refractivity (Wildman–Crippen MR) is 52.1 cm³/mol. The molecule has 0 aliphatic carbocycles. The second-order valence-electron chi connectivity index (χ2n) is 2.18. The highest BCUT2D eigenvalue weighted by Crippen LogP contribution is 2.27. The maximum Gasteiger partial charge on any atom is 0.322 e. The molecular weight excluding hydrogens is 236 g/mol. The summed E-state index contributed by atoms with van der Waals surface area (Å²) in [4.78, 5) is 30.5. The lowest BCUT2D eigenvalue weighted by Crippen LogP contribution is -2.02. The van der Waals surface area contributed by atoms with E-state index in [4.69, 9.17) is 30.4 Å². The number of aliphatic hydroxyl groups is 1. The van der Waals surface area contributed by atoms with Gasteiger partial charge in [-0.3, -0.25) is 9.13 Å². The fraction of sp³-hybridized carbons (Fsp3) is 1.00. The van der Waals surface area contributed by atoms with E-state index in [2.05, 4.69) is 0 Å². The Labute approximate surface area is 82.1 Å². The SMILES string of the molecule is CP(=O)(O)O.CP(=O)(O)O.NCCO. The van der Waals surface area contributed by atoms with Crippen molar-refractivity contribution in [3.63, 3.8) is 0 Å². The van der Waals surface area contributed by atoms with Gasteiger partial charge < -0.3 is 30.4 Å². The van der Waals surface area contributed by atoms with Crippen molar-refractivity contribution in [2.24, 2.45) is 5.73 Å². The van der Waals surface area contributed by atoms with Gasteiger partial charge in [-0.25, -0.2) is 0 Å². The zero-order chi connectivity index (χ0) is 12.4. The molecule has 0 aromatic heterocycles. The van der Waals surface area contributed by atoms with Crippen LogP contribution in [0.25, 0.3) is 0 Å². The van der Waals surface area contributed by atoms with Gasteiger partial charge in [0.25, 0.3) is 0 Å². The molecule has 0 spiro atoms. The minimum atomic E-state index is -3.64. The molecule has 0 fully saturated rings. The van der Waals surface area contributed by atoms with Crippen LogP contribution in [0, 0.1) is 0 Å². The quantitative estimate of drug-likeness (QED) is 0.308. The van der Waals surface area contributed by atoms with Crippen LogP contribution in [0.4, 0.5) is 0 Å². The lowest BCUT2D eigenvalue weighted by Gasteiger charge is -1.84. The molecule has 0 aromatic rings. The van der Waals surface area contributed by atoms with Crippen LogP contribution in [-0.4, -0.2) is 51.2 Å². The Balaban J connectivity index is -0.000000131. The van der Waals surface area contributed by atoms with Gasteiger partial charge in [0.1, 0.15) is 0 Å². The normalized spacial score (nSPS) is 10.6. The van der Waals surface area contributed by atoms with E-state index in [-0.39, 0.29) is 6.61 Å². The van der Waals surface area contributed by atoms with Gasteiger partial charge in [-0.05, 0) is 0 Å². The van der Waals surface area contributed by atoms with Crippen molar-refractivity contribution in [3.05, 3.63) is 0 Å². The van der Waals surface area contributed by atoms with E-state index in [1.165, 1.54) is 0 Å². The molecule has 0 aromatic carbocycles. The summed E-state index contributed by atoms with van der Waals surface area (Å²) >= 11 is 0. The first-order valence-electron chi connectivity index (χ1n) is 3.28. The minimum absolute atomic E-state index is 0.0972. The van der Waals surface area contributed by atoms with Gasteiger partial charge in [0.15, 0.2) is 0 Å².